The Kier molecular flexibility index (Phi) is 8.10. The number of carbonyl (C=O) groups excluding carboxylic acids is 1. The summed E-state index contributed by atoms with van der Waals surface area (Å²) in [6.45, 7) is 0.690. The Morgan fingerprint density at radius 1 is 1.12 bits per heavy atom. The molecular weight excluding hydrogens is 478 g/mol. The second kappa shape index (κ2) is 11.0. The third-order valence-corrected chi connectivity index (χ3v) is 5.69. The highest BCUT2D eigenvalue weighted by Crippen LogP contribution is 2.32. The van der Waals surface area contributed by atoms with Crippen molar-refractivity contribution in [2.75, 3.05) is 11.9 Å². The molecule has 0 bridgehead atoms. The third kappa shape index (κ3) is 6.70. The minimum Gasteiger partial charge on any atom is -0.475 e. The number of aliphatic carboxylic acids is 1. The van der Waals surface area contributed by atoms with Crippen LogP contribution in [-0.2, 0) is 4.79 Å². The van der Waals surface area contributed by atoms with Crippen LogP contribution in [0.3, 0.4) is 0 Å². The summed E-state index contributed by atoms with van der Waals surface area (Å²) in [6.07, 6.45) is 1.43. The standard InChI is InChI=1S/C19H18FN5OS.C2HF3O2/c20-15-8-6-13(7-9-15)17-23-24-18(27-17)22-19(26)25-11-2-1-5-16(25)14-4-3-10-21-12-14;3-2(4,5)1(6)7/h3-4,6-10,12,16H,1-2,5,11H2,(H,22,24,26);(H,6,7). The first-order chi connectivity index (χ1) is 16.1. The Labute approximate surface area is 195 Å². The first-order valence-electron chi connectivity index (χ1n) is 10.0. The molecule has 1 saturated heterocycles. The fourth-order valence-electron chi connectivity index (χ4n) is 3.24. The second-order valence-corrected chi connectivity index (χ2v) is 8.12. The number of carbonyl (C=O) groups is 2. The van der Waals surface area contributed by atoms with Crippen LogP contribution in [0.25, 0.3) is 10.6 Å². The fourth-order valence-corrected chi connectivity index (χ4v) is 3.98. The van der Waals surface area contributed by atoms with Crippen molar-refractivity contribution in [1.82, 2.24) is 20.1 Å². The van der Waals surface area contributed by atoms with Crippen molar-refractivity contribution in [1.29, 1.82) is 0 Å². The van der Waals surface area contributed by atoms with Gasteiger partial charge in [-0.3, -0.25) is 10.3 Å². The summed E-state index contributed by atoms with van der Waals surface area (Å²) in [7, 11) is 0. The summed E-state index contributed by atoms with van der Waals surface area (Å²) in [5.74, 6) is -3.06. The maximum absolute atomic E-state index is 13.1. The number of hydrogen-bond acceptors (Lipinski definition) is 6. The van der Waals surface area contributed by atoms with E-state index in [1.165, 1.54) is 23.5 Å². The van der Waals surface area contributed by atoms with Gasteiger partial charge in [0, 0.05) is 24.5 Å². The highest BCUT2D eigenvalue weighted by atomic mass is 32.1. The van der Waals surface area contributed by atoms with Crippen LogP contribution in [0.15, 0.2) is 48.8 Å². The van der Waals surface area contributed by atoms with Gasteiger partial charge in [-0.25, -0.2) is 14.0 Å². The number of anilines is 1. The molecule has 1 aromatic carbocycles. The van der Waals surface area contributed by atoms with Crippen LogP contribution in [0.1, 0.15) is 30.9 Å². The average Bonchev–Trinajstić information content (AvgIpc) is 3.28. The van der Waals surface area contributed by atoms with Crippen molar-refractivity contribution in [3.63, 3.8) is 0 Å². The highest BCUT2D eigenvalue weighted by Gasteiger charge is 2.38. The number of nitrogens with zero attached hydrogens (tertiary/aromatic N) is 4. The Morgan fingerprint density at radius 2 is 1.82 bits per heavy atom. The summed E-state index contributed by atoms with van der Waals surface area (Å²) in [5, 5.41) is 19.2. The third-order valence-electron chi connectivity index (χ3n) is 4.81. The number of halogens is 4. The monoisotopic (exact) mass is 497 g/mol. The van der Waals surface area contributed by atoms with Crippen molar-refractivity contribution in [3.05, 3.63) is 60.2 Å². The molecule has 3 heterocycles. The predicted octanol–water partition coefficient (Wildman–Crippen LogP) is 5.13. The largest absolute Gasteiger partial charge is 0.490 e. The van der Waals surface area contributed by atoms with Crippen molar-refractivity contribution >= 4 is 28.5 Å². The second-order valence-electron chi connectivity index (χ2n) is 7.14. The summed E-state index contributed by atoms with van der Waals surface area (Å²) in [6, 6.07) is 9.75. The number of hydrogen-bond donors (Lipinski definition) is 2. The van der Waals surface area contributed by atoms with Gasteiger partial charge >= 0.3 is 18.2 Å². The number of rotatable bonds is 3. The molecule has 4 rings (SSSR count). The molecule has 1 aliphatic heterocycles. The Bertz CT molecular complexity index is 1110. The smallest absolute Gasteiger partial charge is 0.475 e. The first-order valence-corrected chi connectivity index (χ1v) is 10.8. The minimum atomic E-state index is -5.08. The van der Waals surface area contributed by atoms with Crippen LogP contribution in [0, 0.1) is 5.82 Å². The molecule has 3 aromatic rings. The molecule has 34 heavy (non-hydrogen) atoms. The zero-order chi connectivity index (χ0) is 24.7. The Balaban J connectivity index is 0.000000406. The van der Waals surface area contributed by atoms with Gasteiger partial charge in [-0.1, -0.05) is 17.4 Å². The molecule has 2 N–H and O–H groups in total. The fraction of sp³-hybridized carbons (Fsp3) is 0.286. The van der Waals surface area contributed by atoms with E-state index in [-0.39, 0.29) is 17.9 Å². The predicted molar refractivity (Wildman–Crippen MR) is 116 cm³/mol. The van der Waals surface area contributed by atoms with E-state index >= 15 is 0 Å². The number of piperidine rings is 1. The van der Waals surface area contributed by atoms with Gasteiger partial charge < -0.3 is 10.0 Å². The van der Waals surface area contributed by atoms with Gasteiger partial charge in [0.25, 0.3) is 0 Å². The van der Waals surface area contributed by atoms with Gasteiger partial charge in [0.15, 0.2) is 0 Å². The topological polar surface area (TPSA) is 108 Å². The molecule has 0 aliphatic carbocycles. The van der Waals surface area contributed by atoms with Gasteiger partial charge in [-0.15, -0.1) is 10.2 Å². The van der Waals surface area contributed by atoms with Gasteiger partial charge in [0.1, 0.15) is 10.8 Å². The number of urea groups is 1. The summed E-state index contributed by atoms with van der Waals surface area (Å²) < 4.78 is 44.8. The molecule has 2 amide bonds. The molecule has 13 heteroatoms. The molecular formula is C21H19F4N5O3S. The number of carboxylic acids is 1. The van der Waals surface area contributed by atoms with E-state index in [0.29, 0.717) is 16.7 Å². The van der Waals surface area contributed by atoms with E-state index in [4.69, 9.17) is 9.90 Å². The number of amides is 2. The number of alkyl halides is 3. The molecule has 1 aliphatic rings. The number of benzene rings is 1. The van der Waals surface area contributed by atoms with Crippen LogP contribution < -0.4 is 5.32 Å². The van der Waals surface area contributed by atoms with Crippen molar-refractivity contribution in [3.8, 4) is 10.6 Å². The molecule has 1 unspecified atom stereocenters. The van der Waals surface area contributed by atoms with Crippen molar-refractivity contribution in [2.24, 2.45) is 0 Å². The van der Waals surface area contributed by atoms with Crippen LogP contribution in [0.4, 0.5) is 27.5 Å². The SMILES string of the molecule is O=C(Nc1nnc(-c2ccc(F)cc2)s1)N1CCCCC1c1cccnc1.O=C(O)C(F)(F)F. The molecule has 8 nitrogen and oxygen atoms in total. The van der Waals surface area contributed by atoms with Crippen LogP contribution in [-0.4, -0.2) is 49.9 Å². The van der Waals surface area contributed by atoms with E-state index in [2.05, 4.69) is 20.5 Å². The van der Waals surface area contributed by atoms with Crippen LogP contribution >= 0.6 is 11.3 Å². The van der Waals surface area contributed by atoms with E-state index < -0.39 is 12.1 Å². The lowest BCUT2D eigenvalue weighted by molar-refractivity contribution is -0.192. The number of aromatic nitrogens is 3. The summed E-state index contributed by atoms with van der Waals surface area (Å²) in [4.78, 5) is 27.7. The molecule has 1 atom stereocenters. The van der Waals surface area contributed by atoms with E-state index in [0.717, 1.165) is 30.4 Å². The van der Waals surface area contributed by atoms with Crippen LogP contribution in [0.2, 0.25) is 0 Å². The molecule has 180 valence electrons. The first kappa shape index (κ1) is 25.0. The van der Waals surface area contributed by atoms with Crippen molar-refractivity contribution < 1.29 is 32.3 Å². The van der Waals surface area contributed by atoms with Gasteiger partial charge in [-0.2, -0.15) is 13.2 Å². The number of likely N-dealkylation sites (tertiary alicyclic amines) is 1. The zero-order valence-electron chi connectivity index (χ0n) is 17.5. The average molecular weight is 497 g/mol. The van der Waals surface area contributed by atoms with Crippen LogP contribution in [0.5, 0.6) is 0 Å². The molecule has 2 aromatic heterocycles. The molecule has 0 saturated carbocycles. The van der Waals surface area contributed by atoms with E-state index in [1.807, 2.05) is 23.2 Å². The maximum atomic E-state index is 13.1. The van der Waals surface area contributed by atoms with E-state index in [9.17, 15) is 22.4 Å². The zero-order valence-corrected chi connectivity index (χ0v) is 18.3. The highest BCUT2D eigenvalue weighted by molar-refractivity contribution is 7.18. The minimum absolute atomic E-state index is 0.0111. The number of pyridine rings is 1. The summed E-state index contributed by atoms with van der Waals surface area (Å²) in [5.41, 5.74) is 1.80. The lowest BCUT2D eigenvalue weighted by atomic mass is 9.97. The van der Waals surface area contributed by atoms with Gasteiger partial charge in [0.2, 0.25) is 5.13 Å². The number of nitrogens with one attached hydrogen (secondary N) is 1. The molecule has 0 radical (unpaired) electrons. The van der Waals surface area contributed by atoms with Gasteiger partial charge in [0.05, 0.1) is 6.04 Å². The maximum Gasteiger partial charge on any atom is 0.490 e. The van der Waals surface area contributed by atoms with E-state index in [1.54, 1.807) is 18.3 Å². The Hall–Kier alpha value is -3.61. The quantitative estimate of drug-likeness (QED) is 0.486. The van der Waals surface area contributed by atoms with Gasteiger partial charge in [-0.05, 0) is 55.2 Å². The van der Waals surface area contributed by atoms with Crippen molar-refractivity contribution in [2.45, 2.75) is 31.5 Å². The number of carboxylic acid groups (broad SMARTS) is 1. The Morgan fingerprint density at radius 3 is 2.44 bits per heavy atom. The lowest BCUT2D eigenvalue weighted by Crippen LogP contribution is -2.41. The normalized spacial score (nSPS) is 15.8. The molecule has 0 spiro atoms. The lowest BCUT2D eigenvalue weighted by Gasteiger charge is -2.35. The summed E-state index contributed by atoms with van der Waals surface area (Å²) >= 11 is 1.27. The molecule has 1 fully saturated rings.